The van der Waals surface area contributed by atoms with Gasteiger partial charge in [-0.25, -0.2) is 4.68 Å². The lowest BCUT2D eigenvalue weighted by Gasteiger charge is -2.09. The summed E-state index contributed by atoms with van der Waals surface area (Å²) in [6.45, 7) is 2.12. The number of rotatable bonds is 3. The van der Waals surface area contributed by atoms with Crippen LogP contribution in [0.4, 0.5) is 0 Å². The molecular weight excluding hydrogens is 184 g/mol. The lowest BCUT2D eigenvalue weighted by atomic mass is 10.3. The van der Waals surface area contributed by atoms with Gasteiger partial charge in [-0.2, -0.15) is 0 Å². The van der Waals surface area contributed by atoms with E-state index in [4.69, 9.17) is 0 Å². The summed E-state index contributed by atoms with van der Waals surface area (Å²) in [5.74, 6) is 1.03. The summed E-state index contributed by atoms with van der Waals surface area (Å²) in [5.41, 5.74) is 0. The van der Waals surface area contributed by atoms with E-state index in [1.807, 2.05) is 4.68 Å². The molecule has 0 amide bonds. The third-order valence-electron chi connectivity index (χ3n) is 2.41. The minimum absolute atomic E-state index is 0.559. The first kappa shape index (κ1) is 8.99. The van der Waals surface area contributed by atoms with E-state index in [1.54, 1.807) is 11.8 Å². The van der Waals surface area contributed by atoms with Crippen molar-refractivity contribution in [2.75, 3.05) is 5.75 Å². The molecule has 0 bridgehead atoms. The molecule has 72 valence electrons. The van der Waals surface area contributed by atoms with Crippen molar-refractivity contribution < 1.29 is 0 Å². The van der Waals surface area contributed by atoms with Crippen LogP contribution in [0.2, 0.25) is 0 Å². The van der Waals surface area contributed by atoms with Crippen LogP contribution in [0.1, 0.15) is 38.6 Å². The standard InChI is InChI=1S/C8H14N4S/c1-2-13-8-9-10-11-12(8)7-5-3-4-6-7/h7H,2-6H2,1H3. The summed E-state index contributed by atoms with van der Waals surface area (Å²) in [7, 11) is 0. The van der Waals surface area contributed by atoms with Gasteiger partial charge in [0.05, 0.1) is 6.04 Å². The monoisotopic (exact) mass is 198 g/mol. The quantitative estimate of drug-likeness (QED) is 0.696. The maximum Gasteiger partial charge on any atom is 0.209 e. The fraction of sp³-hybridized carbons (Fsp3) is 0.875. The molecule has 0 unspecified atom stereocenters. The van der Waals surface area contributed by atoms with Gasteiger partial charge in [0.1, 0.15) is 0 Å². The summed E-state index contributed by atoms with van der Waals surface area (Å²) in [6, 6.07) is 0.559. The SMILES string of the molecule is CCSc1nnnn1C1CCCC1. The number of thioether (sulfide) groups is 1. The number of tetrazole rings is 1. The topological polar surface area (TPSA) is 43.6 Å². The molecule has 1 aromatic heterocycles. The molecule has 13 heavy (non-hydrogen) atoms. The molecule has 1 heterocycles. The van der Waals surface area contributed by atoms with Crippen LogP contribution < -0.4 is 0 Å². The Balaban J connectivity index is 2.13. The second-order valence-electron chi connectivity index (χ2n) is 3.28. The average Bonchev–Trinajstić information content (AvgIpc) is 2.71. The van der Waals surface area contributed by atoms with Crippen molar-refractivity contribution in [2.24, 2.45) is 0 Å². The van der Waals surface area contributed by atoms with Gasteiger partial charge in [-0.1, -0.05) is 31.5 Å². The van der Waals surface area contributed by atoms with Crippen molar-refractivity contribution in [3.05, 3.63) is 0 Å². The fourth-order valence-corrected chi connectivity index (χ4v) is 2.46. The lowest BCUT2D eigenvalue weighted by molar-refractivity contribution is 0.423. The molecule has 0 aromatic carbocycles. The molecule has 0 N–H and O–H groups in total. The smallest absolute Gasteiger partial charge is 0.209 e. The van der Waals surface area contributed by atoms with E-state index in [0.717, 1.165) is 10.9 Å². The molecule has 1 aromatic rings. The van der Waals surface area contributed by atoms with Gasteiger partial charge in [0, 0.05) is 0 Å². The van der Waals surface area contributed by atoms with Crippen molar-refractivity contribution in [1.82, 2.24) is 20.2 Å². The van der Waals surface area contributed by atoms with Crippen LogP contribution in [0.5, 0.6) is 0 Å². The number of hydrogen-bond acceptors (Lipinski definition) is 4. The summed E-state index contributed by atoms with van der Waals surface area (Å²) < 4.78 is 2.00. The zero-order chi connectivity index (χ0) is 9.10. The van der Waals surface area contributed by atoms with Gasteiger partial charge in [0.15, 0.2) is 0 Å². The Morgan fingerprint density at radius 1 is 1.46 bits per heavy atom. The van der Waals surface area contributed by atoms with Crippen molar-refractivity contribution in [1.29, 1.82) is 0 Å². The minimum atomic E-state index is 0.559. The van der Waals surface area contributed by atoms with Crippen LogP contribution in [-0.4, -0.2) is 26.0 Å². The number of aromatic nitrogens is 4. The van der Waals surface area contributed by atoms with Crippen LogP contribution in [0.3, 0.4) is 0 Å². The van der Waals surface area contributed by atoms with Gasteiger partial charge in [0.2, 0.25) is 5.16 Å². The summed E-state index contributed by atoms with van der Waals surface area (Å²) in [6.07, 6.45) is 5.12. The van der Waals surface area contributed by atoms with Crippen LogP contribution >= 0.6 is 11.8 Å². The van der Waals surface area contributed by atoms with Gasteiger partial charge in [-0.15, -0.1) is 5.10 Å². The number of nitrogens with zero attached hydrogens (tertiary/aromatic N) is 4. The van der Waals surface area contributed by atoms with E-state index in [0.29, 0.717) is 6.04 Å². The number of hydrogen-bond donors (Lipinski definition) is 0. The van der Waals surface area contributed by atoms with Gasteiger partial charge >= 0.3 is 0 Å². The largest absolute Gasteiger partial charge is 0.217 e. The van der Waals surface area contributed by atoms with E-state index in [-0.39, 0.29) is 0 Å². The van der Waals surface area contributed by atoms with E-state index in [9.17, 15) is 0 Å². The lowest BCUT2D eigenvalue weighted by Crippen LogP contribution is -2.08. The summed E-state index contributed by atoms with van der Waals surface area (Å²) in [4.78, 5) is 0. The summed E-state index contributed by atoms with van der Waals surface area (Å²) >= 11 is 1.72. The third-order valence-corrected chi connectivity index (χ3v) is 3.22. The van der Waals surface area contributed by atoms with Crippen molar-refractivity contribution in [3.8, 4) is 0 Å². The van der Waals surface area contributed by atoms with Crippen LogP contribution in [0, 0.1) is 0 Å². The molecule has 0 aliphatic heterocycles. The Morgan fingerprint density at radius 2 is 2.23 bits per heavy atom. The highest BCUT2D eigenvalue weighted by Crippen LogP contribution is 2.31. The maximum atomic E-state index is 4.05. The van der Waals surface area contributed by atoms with E-state index < -0.39 is 0 Å². The highest BCUT2D eigenvalue weighted by molar-refractivity contribution is 7.99. The molecule has 0 saturated heterocycles. The van der Waals surface area contributed by atoms with Crippen LogP contribution in [0.15, 0.2) is 5.16 Å². The third kappa shape index (κ3) is 1.85. The predicted octanol–water partition coefficient (Wildman–Crippen LogP) is 1.90. The van der Waals surface area contributed by atoms with E-state index in [2.05, 4.69) is 22.4 Å². The molecule has 1 fully saturated rings. The Labute approximate surface area is 82.1 Å². The first-order valence-electron chi connectivity index (χ1n) is 4.82. The zero-order valence-electron chi connectivity index (χ0n) is 7.81. The summed E-state index contributed by atoms with van der Waals surface area (Å²) in [5, 5.41) is 12.8. The second kappa shape index (κ2) is 4.09. The van der Waals surface area contributed by atoms with Gasteiger partial charge in [0.25, 0.3) is 0 Å². The Bertz CT molecular complexity index is 267. The molecular formula is C8H14N4S. The Hall–Kier alpha value is -0.580. The molecule has 1 saturated carbocycles. The second-order valence-corrected chi connectivity index (χ2v) is 4.51. The van der Waals surface area contributed by atoms with Gasteiger partial charge < -0.3 is 0 Å². The average molecular weight is 198 g/mol. The minimum Gasteiger partial charge on any atom is -0.217 e. The Morgan fingerprint density at radius 3 is 2.92 bits per heavy atom. The van der Waals surface area contributed by atoms with Crippen LogP contribution in [-0.2, 0) is 0 Å². The van der Waals surface area contributed by atoms with Crippen molar-refractivity contribution >= 4 is 11.8 Å². The van der Waals surface area contributed by atoms with Gasteiger partial charge in [-0.05, 0) is 29.0 Å². The molecule has 4 nitrogen and oxygen atoms in total. The fourth-order valence-electron chi connectivity index (χ4n) is 1.79. The van der Waals surface area contributed by atoms with E-state index in [1.165, 1.54) is 25.7 Å². The van der Waals surface area contributed by atoms with Gasteiger partial charge in [-0.3, -0.25) is 0 Å². The van der Waals surface area contributed by atoms with E-state index >= 15 is 0 Å². The molecule has 2 rings (SSSR count). The zero-order valence-corrected chi connectivity index (χ0v) is 8.63. The molecule has 1 aliphatic carbocycles. The van der Waals surface area contributed by atoms with Crippen LogP contribution in [0.25, 0.3) is 0 Å². The molecule has 5 heteroatoms. The molecule has 0 radical (unpaired) electrons. The highest BCUT2D eigenvalue weighted by Gasteiger charge is 2.20. The van der Waals surface area contributed by atoms with Crippen molar-refractivity contribution in [3.63, 3.8) is 0 Å². The molecule has 1 aliphatic rings. The first-order valence-corrected chi connectivity index (χ1v) is 5.81. The Kier molecular flexibility index (Phi) is 2.83. The van der Waals surface area contributed by atoms with Crippen molar-refractivity contribution in [2.45, 2.75) is 43.8 Å². The normalized spacial score (nSPS) is 18.2. The highest BCUT2D eigenvalue weighted by atomic mass is 32.2. The molecule has 0 spiro atoms. The first-order chi connectivity index (χ1) is 6.42. The maximum absolute atomic E-state index is 4.05. The predicted molar refractivity (Wildman–Crippen MR) is 51.7 cm³/mol. The molecule has 0 atom stereocenters.